The third-order valence-corrected chi connectivity index (χ3v) is 6.89. The number of carbonyl (C=O) groups is 2. The Morgan fingerprint density at radius 2 is 1.91 bits per heavy atom. The van der Waals surface area contributed by atoms with Gasteiger partial charge in [0.2, 0.25) is 5.91 Å². The summed E-state index contributed by atoms with van der Waals surface area (Å²) in [6, 6.07) is 10.1. The van der Waals surface area contributed by atoms with Gasteiger partial charge in [0.1, 0.15) is 5.82 Å². The molecule has 4 heterocycles. The molecule has 0 radical (unpaired) electrons. The van der Waals surface area contributed by atoms with Gasteiger partial charge in [-0.2, -0.15) is 0 Å². The van der Waals surface area contributed by atoms with Gasteiger partial charge in [0.25, 0.3) is 5.91 Å². The van der Waals surface area contributed by atoms with Crippen molar-refractivity contribution in [2.45, 2.75) is 31.3 Å². The van der Waals surface area contributed by atoms with Crippen molar-refractivity contribution in [3.8, 4) is 0 Å². The summed E-state index contributed by atoms with van der Waals surface area (Å²) in [4.78, 5) is 38.3. The van der Waals surface area contributed by atoms with Gasteiger partial charge in [-0.25, -0.2) is 9.37 Å². The SMILES string of the molecule is O=C(CCn1ccnc1)N1CC[C@@H]2[C@H](C1)[C@@H](c1ccc(F)cc1)CN2C(=O)c1cccnc1. The van der Waals surface area contributed by atoms with E-state index in [-0.39, 0.29) is 35.5 Å². The average molecular weight is 448 g/mol. The topological polar surface area (TPSA) is 71.3 Å². The molecule has 2 aromatic heterocycles. The fraction of sp³-hybridized carbons (Fsp3) is 0.360. The lowest BCUT2D eigenvalue weighted by molar-refractivity contribution is -0.133. The van der Waals surface area contributed by atoms with Crippen LogP contribution in [0.15, 0.2) is 67.5 Å². The summed E-state index contributed by atoms with van der Waals surface area (Å²) in [5, 5.41) is 0. The van der Waals surface area contributed by atoms with Crippen LogP contribution in [0.2, 0.25) is 0 Å². The van der Waals surface area contributed by atoms with Gasteiger partial charge < -0.3 is 14.4 Å². The molecular weight excluding hydrogens is 421 g/mol. The summed E-state index contributed by atoms with van der Waals surface area (Å²) in [6.07, 6.45) is 9.65. The Kier molecular flexibility index (Phi) is 5.90. The molecule has 0 saturated carbocycles. The molecule has 0 bridgehead atoms. The van der Waals surface area contributed by atoms with E-state index in [2.05, 4.69) is 9.97 Å². The number of carbonyl (C=O) groups excluding carboxylic acids is 2. The number of benzene rings is 1. The second kappa shape index (κ2) is 9.13. The van der Waals surface area contributed by atoms with Crippen LogP contribution in [-0.2, 0) is 11.3 Å². The van der Waals surface area contributed by atoms with Crippen molar-refractivity contribution < 1.29 is 14.0 Å². The molecule has 1 aromatic carbocycles. The maximum absolute atomic E-state index is 13.6. The lowest BCUT2D eigenvalue weighted by Gasteiger charge is -2.39. The molecule has 3 atom stereocenters. The van der Waals surface area contributed by atoms with Crippen LogP contribution in [0.1, 0.15) is 34.7 Å². The molecular formula is C25H26FN5O2. The summed E-state index contributed by atoms with van der Waals surface area (Å²) in [7, 11) is 0. The molecule has 170 valence electrons. The van der Waals surface area contributed by atoms with Gasteiger partial charge in [-0.3, -0.25) is 14.6 Å². The van der Waals surface area contributed by atoms with Gasteiger partial charge in [-0.05, 0) is 36.2 Å². The van der Waals surface area contributed by atoms with Crippen LogP contribution < -0.4 is 0 Å². The smallest absolute Gasteiger partial charge is 0.255 e. The fourth-order valence-electron chi connectivity index (χ4n) is 5.21. The first kappa shape index (κ1) is 21.3. The van der Waals surface area contributed by atoms with E-state index in [0.717, 1.165) is 12.0 Å². The third-order valence-electron chi connectivity index (χ3n) is 6.89. The molecule has 2 saturated heterocycles. The van der Waals surface area contributed by atoms with Crippen molar-refractivity contribution in [2.24, 2.45) is 5.92 Å². The molecule has 8 heteroatoms. The Hall–Kier alpha value is -3.55. The van der Waals surface area contributed by atoms with Crippen molar-refractivity contribution in [2.75, 3.05) is 19.6 Å². The predicted octanol–water partition coefficient (Wildman–Crippen LogP) is 2.96. The van der Waals surface area contributed by atoms with Crippen molar-refractivity contribution in [1.82, 2.24) is 24.3 Å². The van der Waals surface area contributed by atoms with Crippen LogP contribution in [0.5, 0.6) is 0 Å². The molecule has 7 nitrogen and oxygen atoms in total. The Labute approximate surface area is 191 Å². The molecule has 0 unspecified atom stereocenters. The van der Waals surface area contributed by atoms with E-state index >= 15 is 0 Å². The van der Waals surface area contributed by atoms with E-state index < -0.39 is 0 Å². The van der Waals surface area contributed by atoms with Crippen LogP contribution in [-0.4, -0.2) is 61.8 Å². The highest BCUT2D eigenvalue weighted by atomic mass is 19.1. The Balaban J connectivity index is 1.36. The minimum atomic E-state index is -0.281. The highest BCUT2D eigenvalue weighted by molar-refractivity contribution is 5.94. The van der Waals surface area contributed by atoms with Gasteiger partial charge in [0, 0.05) is 75.3 Å². The molecule has 33 heavy (non-hydrogen) atoms. The minimum Gasteiger partial charge on any atom is -0.342 e. The van der Waals surface area contributed by atoms with Crippen molar-refractivity contribution in [3.63, 3.8) is 0 Å². The zero-order valence-electron chi connectivity index (χ0n) is 18.3. The van der Waals surface area contributed by atoms with Crippen LogP contribution in [0.4, 0.5) is 4.39 Å². The first-order valence-corrected chi connectivity index (χ1v) is 11.3. The van der Waals surface area contributed by atoms with E-state index in [4.69, 9.17) is 0 Å². The number of nitrogens with zero attached hydrogens (tertiary/aromatic N) is 5. The summed E-state index contributed by atoms with van der Waals surface area (Å²) >= 11 is 0. The van der Waals surface area contributed by atoms with Crippen LogP contribution in [0, 0.1) is 11.7 Å². The number of hydrogen-bond donors (Lipinski definition) is 0. The molecule has 0 aliphatic carbocycles. The standard InChI is InChI=1S/C25H26FN5O2/c26-20-5-3-18(4-6-20)21-16-31(25(33)19-2-1-9-27-14-19)23-7-12-30(15-22(21)23)24(32)8-11-29-13-10-28-17-29/h1-6,9-10,13-14,17,21-23H,7-8,11-12,15-16H2/t21-,22-,23-/m1/s1. The van der Waals surface area contributed by atoms with Gasteiger partial charge in [-0.15, -0.1) is 0 Å². The highest BCUT2D eigenvalue weighted by Crippen LogP contribution is 2.42. The molecule has 0 N–H and O–H groups in total. The Bertz CT molecular complexity index is 1100. The van der Waals surface area contributed by atoms with E-state index in [1.54, 1.807) is 49.2 Å². The van der Waals surface area contributed by atoms with Gasteiger partial charge in [0.15, 0.2) is 0 Å². The quantitative estimate of drug-likeness (QED) is 0.603. The number of aromatic nitrogens is 3. The molecule has 3 aromatic rings. The van der Waals surface area contributed by atoms with Gasteiger partial charge in [-0.1, -0.05) is 12.1 Å². The zero-order valence-corrected chi connectivity index (χ0v) is 18.3. The van der Waals surface area contributed by atoms with E-state index in [9.17, 15) is 14.0 Å². The maximum Gasteiger partial charge on any atom is 0.255 e. The number of halogens is 1. The summed E-state index contributed by atoms with van der Waals surface area (Å²) in [6.45, 7) is 2.35. The molecule has 2 amide bonds. The maximum atomic E-state index is 13.6. The third kappa shape index (κ3) is 4.37. The largest absolute Gasteiger partial charge is 0.342 e. The van der Waals surface area contributed by atoms with Crippen molar-refractivity contribution in [3.05, 3.63) is 84.5 Å². The lowest BCUT2D eigenvalue weighted by Crippen LogP contribution is -2.49. The fourth-order valence-corrected chi connectivity index (χ4v) is 5.21. The lowest BCUT2D eigenvalue weighted by atomic mass is 9.81. The number of pyridine rings is 1. The molecule has 0 spiro atoms. The van der Waals surface area contributed by atoms with E-state index in [1.807, 2.05) is 20.6 Å². The normalized spacial score (nSPS) is 22.3. The zero-order chi connectivity index (χ0) is 22.8. The van der Waals surface area contributed by atoms with Gasteiger partial charge in [0.05, 0.1) is 11.9 Å². The van der Waals surface area contributed by atoms with Crippen molar-refractivity contribution >= 4 is 11.8 Å². The first-order chi connectivity index (χ1) is 16.1. The molecule has 2 aliphatic heterocycles. The Morgan fingerprint density at radius 3 is 2.64 bits per heavy atom. The summed E-state index contributed by atoms with van der Waals surface area (Å²) in [5.41, 5.74) is 1.57. The second-order valence-electron chi connectivity index (χ2n) is 8.77. The number of piperidine rings is 1. The molecule has 5 rings (SSSR count). The van der Waals surface area contributed by atoms with E-state index in [0.29, 0.717) is 38.2 Å². The van der Waals surface area contributed by atoms with E-state index in [1.165, 1.54) is 12.1 Å². The van der Waals surface area contributed by atoms with Crippen LogP contribution in [0.25, 0.3) is 0 Å². The number of hydrogen-bond acceptors (Lipinski definition) is 4. The van der Waals surface area contributed by atoms with Crippen LogP contribution >= 0.6 is 0 Å². The number of amides is 2. The number of fused-ring (bicyclic) bond motifs is 1. The number of rotatable bonds is 5. The number of imidazole rings is 1. The second-order valence-corrected chi connectivity index (χ2v) is 8.77. The number of aryl methyl sites for hydroxylation is 1. The summed E-state index contributed by atoms with van der Waals surface area (Å²) in [5.74, 6) is -0.0707. The monoisotopic (exact) mass is 447 g/mol. The molecule has 2 aliphatic rings. The average Bonchev–Trinajstić information content (AvgIpc) is 3.51. The predicted molar refractivity (Wildman–Crippen MR) is 120 cm³/mol. The van der Waals surface area contributed by atoms with Crippen molar-refractivity contribution in [1.29, 1.82) is 0 Å². The first-order valence-electron chi connectivity index (χ1n) is 11.3. The summed E-state index contributed by atoms with van der Waals surface area (Å²) < 4.78 is 15.5. The number of likely N-dealkylation sites (tertiary alicyclic amines) is 2. The minimum absolute atomic E-state index is 0.0328. The molecule has 2 fully saturated rings. The highest BCUT2D eigenvalue weighted by Gasteiger charge is 2.47. The Morgan fingerprint density at radius 1 is 1.06 bits per heavy atom. The van der Waals surface area contributed by atoms with Crippen LogP contribution in [0.3, 0.4) is 0 Å². The van der Waals surface area contributed by atoms with Gasteiger partial charge >= 0.3 is 0 Å².